The Bertz CT molecular complexity index is 493. The summed E-state index contributed by atoms with van der Waals surface area (Å²) in [7, 11) is 0. The molecule has 1 aliphatic heterocycles. The van der Waals surface area contributed by atoms with E-state index in [0.717, 1.165) is 17.4 Å². The second-order valence-electron chi connectivity index (χ2n) is 5.83. The van der Waals surface area contributed by atoms with E-state index in [2.05, 4.69) is 35.8 Å². The fourth-order valence-corrected chi connectivity index (χ4v) is 4.68. The maximum absolute atomic E-state index is 4.82. The van der Waals surface area contributed by atoms with Crippen molar-refractivity contribution in [2.75, 3.05) is 23.9 Å². The first-order chi connectivity index (χ1) is 9.80. The van der Waals surface area contributed by atoms with Crippen molar-refractivity contribution in [1.82, 2.24) is 0 Å². The van der Waals surface area contributed by atoms with Crippen LogP contribution in [0.4, 0.5) is 5.69 Å². The van der Waals surface area contributed by atoms with Gasteiger partial charge in [-0.25, -0.2) is 0 Å². The first-order valence-corrected chi connectivity index (χ1v) is 9.59. The second-order valence-corrected chi connectivity index (χ2v) is 7.67. The summed E-state index contributed by atoms with van der Waals surface area (Å²) in [5.74, 6) is 1.24. The second kappa shape index (κ2) is 6.44. The molecule has 1 N–H and O–H groups in total. The van der Waals surface area contributed by atoms with E-state index >= 15 is 0 Å². The predicted octanol–water partition coefficient (Wildman–Crippen LogP) is 4.87. The van der Waals surface area contributed by atoms with Gasteiger partial charge in [-0.15, -0.1) is 11.8 Å². The molecule has 1 fully saturated rings. The summed E-state index contributed by atoms with van der Waals surface area (Å²) in [6.07, 6.45) is 9.07. The maximum Gasteiger partial charge on any atom is 0.161 e. The van der Waals surface area contributed by atoms with Crippen molar-refractivity contribution >= 4 is 34.4 Å². The average Bonchev–Trinajstić information content (AvgIpc) is 2.51. The van der Waals surface area contributed by atoms with Crippen LogP contribution in [0.2, 0.25) is 0 Å². The quantitative estimate of drug-likeness (QED) is 0.789. The molecule has 3 rings (SSSR count). The third-order valence-corrected chi connectivity index (χ3v) is 6.30. The SMILES string of the molecule is CSc1cccc(NC2=NCC3(CCCCC3)CS2)c1. The molecule has 1 heterocycles. The molecule has 0 atom stereocenters. The Labute approximate surface area is 130 Å². The van der Waals surface area contributed by atoms with Crippen molar-refractivity contribution in [1.29, 1.82) is 0 Å². The molecule has 0 unspecified atom stereocenters. The van der Waals surface area contributed by atoms with E-state index in [-0.39, 0.29) is 0 Å². The number of hydrogen-bond acceptors (Lipinski definition) is 4. The van der Waals surface area contributed by atoms with E-state index in [1.54, 1.807) is 11.8 Å². The topological polar surface area (TPSA) is 24.4 Å². The van der Waals surface area contributed by atoms with Crippen LogP contribution in [-0.2, 0) is 0 Å². The maximum atomic E-state index is 4.82. The molecule has 20 heavy (non-hydrogen) atoms. The summed E-state index contributed by atoms with van der Waals surface area (Å²) in [5.41, 5.74) is 1.66. The zero-order chi connectivity index (χ0) is 13.8. The van der Waals surface area contributed by atoms with Crippen LogP contribution in [0.5, 0.6) is 0 Å². The van der Waals surface area contributed by atoms with Crippen molar-refractivity contribution < 1.29 is 0 Å². The van der Waals surface area contributed by atoms with Gasteiger partial charge in [0.15, 0.2) is 5.17 Å². The minimum Gasteiger partial charge on any atom is -0.335 e. The van der Waals surface area contributed by atoms with Gasteiger partial charge in [0.2, 0.25) is 0 Å². The number of hydrogen-bond donors (Lipinski definition) is 1. The third-order valence-electron chi connectivity index (χ3n) is 4.31. The molecular weight excluding hydrogens is 284 g/mol. The standard InChI is InChI=1S/C16H22N2S2/c1-19-14-7-5-6-13(10-14)18-15-17-11-16(12-20-15)8-3-2-4-9-16/h5-7,10H,2-4,8-9,11-12H2,1H3,(H,17,18). The molecule has 1 aliphatic carbocycles. The van der Waals surface area contributed by atoms with Gasteiger partial charge in [0.25, 0.3) is 0 Å². The van der Waals surface area contributed by atoms with Gasteiger partial charge in [0, 0.05) is 22.9 Å². The van der Waals surface area contributed by atoms with Gasteiger partial charge in [0.05, 0.1) is 0 Å². The molecule has 1 saturated carbocycles. The minimum atomic E-state index is 0.509. The van der Waals surface area contributed by atoms with Crippen molar-refractivity contribution in [2.45, 2.75) is 37.0 Å². The summed E-state index contributed by atoms with van der Waals surface area (Å²) in [5, 5.41) is 4.57. The molecule has 1 aromatic rings. The summed E-state index contributed by atoms with van der Waals surface area (Å²) in [4.78, 5) is 6.11. The molecule has 0 aromatic heterocycles. The molecule has 0 amide bonds. The van der Waals surface area contributed by atoms with Gasteiger partial charge in [0.1, 0.15) is 0 Å². The molecule has 0 bridgehead atoms. The smallest absolute Gasteiger partial charge is 0.161 e. The summed E-state index contributed by atoms with van der Waals surface area (Å²) >= 11 is 3.68. The Morgan fingerprint density at radius 1 is 1.25 bits per heavy atom. The first-order valence-electron chi connectivity index (χ1n) is 7.38. The van der Waals surface area contributed by atoms with E-state index < -0.39 is 0 Å². The molecule has 2 aliphatic rings. The van der Waals surface area contributed by atoms with Crippen LogP contribution in [0.3, 0.4) is 0 Å². The van der Waals surface area contributed by atoms with E-state index in [1.165, 1.54) is 42.8 Å². The van der Waals surface area contributed by atoms with Crippen LogP contribution < -0.4 is 5.32 Å². The van der Waals surface area contributed by atoms with Gasteiger partial charge >= 0.3 is 0 Å². The average molecular weight is 306 g/mol. The monoisotopic (exact) mass is 306 g/mol. The molecule has 2 nitrogen and oxygen atoms in total. The normalized spacial score (nSPS) is 21.6. The highest BCUT2D eigenvalue weighted by molar-refractivity contribution is 8.14. The van der Waals surface area contributed by atoms with Crippen LogP contribution in [0.1, 0.15) is 32.1 Å². The number of benzene rings is 1. The zero-order valence-corrected chi connectivity index (χ0v) is 13.7. The van der Waals surface area contributed by atoms with Gasteiger partial charge < -0.3 is 5.32 Å². The Balaban J connectivity index is 1.64. The zero-order valence-electron chi connectivity index (χ0n) is 12.0. The van der Waals surface area contributed by atoms with Crippen molar-refractivity contribution in [3.8, 4) is 0 Å². The number of anilines is 1. The fourth-order valence-electron chi connectivity index (χ4n) is 3.06. The number of nitrogens with one attached hydrogen (secondary N) is 1. The van der Waals surface area contributed by atoms with Gasteiger partial charge in [-0.3, -0.25) is 4.99 Å². The number of aliphatic imine (C=N–C) groups is 1. The van der Waals surface area contributed by atoms with Crippen LogP contribution in [0.15, 0.2) is 34.2 Å². The largest absolute Gasteiger partial charge is 0.335 e. The third kappa shape index (κ3) is 3.34. The van der Waals surface area contributed by atoms with Gasteiger partial charge in [-0.1, -0.05) is 37.1 Å². The highest BCUT2D eigenvalue weighted by Gasteiger charge is 2.34. The van der Waals surface area contributed by atoms with Gasteiger partial charge in [-0.2, -0.15) is 0 Å². The van der Waals surface area contributed by atoms with E-state index in [9.17, 15) is 0 Å². The van der Waals surface area contributed by atoms with E-state index in [0.29, 0.717) is 5.41 Å². The van der Waals surface area contributed by atoms with Crippen molar-refractivity contribution in [3.05, 3.63) is 24.3 Å². The molecule has 4 heteroatoms. The summed E-state index contributed by atoms with van der Waals surface area (Å²) in [6, 6.07) is 8.56. The predicted molar refractivity (Wildman–Crippen MR) is 92.1 cm³/mol. The lowest BCUT2D eigenvalue weighted by Gasteiger charge is -2.38. The molecule has 0 saturated heterocycles. The lowest BCUT2D eigenvalue weighted by molar-refractivity contribution is 0.232. The van der Waals surface area contributed by atoms with Crippen LogP contribution >= 0.6 is 23.5 Å². The summed E-state index contributed by atoms with van der Waals surface area (Å²) < 4.78 is 0. The van der Waals surface area contributed by atoms with E-state index in [4.69, 9.17) is 4.99 Å². The van der Waals surface area contributed by atoms with Crippen LogP contribution in [0, 0.1) is 5.41 Å². The Morgan fingerprint density at radius 2 is 2.10 bits per heavy atom. The Morgan fingerprint density at radius 3 is 2.80 bits per heavy atom. The highest BCUT2D eigenvalue weighted by atomic mass is 32.2. The molecular formula is C16H22N2S2. The highest BCUT2D eigenvalue weighted by Crippen LogP contribution is 2.42. The molecule has 1 spiro atoms. The van der Waals surface area contributed by atoms with Crippen molar-refractivity contribution in [3.63, 3.8) is 0 Å². The number of nitrogens with zero attached hydrogens (tertiary/aromatic N) is 1. The Kier molecular flexibility index (Phi) is 4.61. The van der Waals surface area contributed by atoms with Gasteiger partial charge in [-0.05, 0) is 42.7 Å². The van der Waals surface area contributed by atoms with Crippen LogP contribution in [-0.4, -0.2) is 23.7 Å². The first kappa shape index (κ1) is 14.3. The number of amidine groups is 1. The van der Waals surface area contributed by atoms with Crippen LogP contribution in [0.25, 0.3) is 0 Å². The lowest BCUT2D eigenvalue weighted by atomic mass is 9.75. The van der Waals surface area contributed by atoms with E-state index in [1.807, 2.05) is 11.8 Å². The van der Waals surface area contributed by atoms with Crippen molar-refractivity contribution in [2.24, 2.45) is 10.4 Å². The number of rotatable bonds is 2. The number of thioether (sulfide) groups is 2. The molecule has 0 radical (unpaired) electrons. The lowest BCUT2D eigenvalue weighted by Crippen LogP contribution is -2.35. The molecule has 108 valence electrons. The fraction of sp³-hybridized carbons (Fsp3) is 0.562. The summed E-state index contributed by atoms with van der Waals surface area (Å²) in [6.45, 7) is 1.02. The Hall–Kier alpha value is -0.610. The minimum absolute atomic E-state index is 0.509. The molecule has 1 aromatic carbocycles.